The zero-order valence-electron chi connectivity index (χ0n) is 14.3. The number of nitrogens with zero attached hydrogens (tertiary/aromatic N) is 1. The maximum atomic E-state index is 3.63. The van der Waals surface area contributed by atoms with Gasteiger partial charge in [0.1, 0.15) is 0 Å². The van der Waals surface area contributed by atoms with Gasteiger partial charge in [0.15, 0.2) is 0 Å². The van der Waals surface area contributed by atoms with Crippen molar-refractivity contribution in [2.75, 3.05) is 31.1 Å². The fraction of sp³-hybridized carbons (Fsp3) is 0.684. The lowest BCUT2D eigenvalue weighted by Crippen LogP contribution is -2.41. The van der Waals surface area contributed by atoms with Gasteiger partial charge in [-0.15, -0.1) is 0 Å². The Morgan fingerprint density at radius 1 is 1.19 bits per heavy atom. The van der Waals surface area contributed by atoms with E-state index in [1.54, 1.807) is 0 Å². The molecule has 21 heavy (non-hydrogen) atoms. The number of hydrogen-bond acceptors (Lipinski definition) is 2. The van der Waals surface area contributed by atoms with E-state index >= 15 is 0 Å². The van der Waals surface area contributed by atoms with Crippen molar-refractivity contribution in [3.8, 4) is 0 Å². The zero-order valence-corrected chi connectivity index (χ0v) is 14.3. The van der Waals surface area contributed by atoms with E-state index in [1.807, 2.05) is 0 Å². The molecule has 0 unspecified atom stereocenters. The summed E-state index contributed by atoms with van der Waals surface area (Å²) >= 11 is 0. The second-order valence-corrected chi connectivity index (χ2v) is 7.70. The summed E-state index contributed by atoms with van der Waals surface area (Å²) in [5, 5.41) is 3.63. The van der Waals surface area contributed by atoms with Gasteiger partial charge in [0.25, 0.3) is 0 Å². The minimum Gasteiger partial charge on any atom is -0.371 e. The van der Waals surface area contributed by atoms with Gasteiger partial charge in [-0.1, -0.05) is 45.9 Å². The van der Waals surface area contributed by atoms with Crippen LogP contribution in [0.1, 0.15) is 46.1 Å². The first kappa shape index (κ1) is 16.4. The lowest BCUT2D eigenvalue weighted by atomic mass is 9.92. The Bertz CT molecular complexity index is 437. The molecule has 0 saturated carbocycles. The predicted molar refractivity (Wildman–Crippen MR) is 93.1 cm³/mol. The molecule has 0 spiro atoms. The van der Waals surface area contributed by atoms with E-state index in [-0.39, 0.29) is 0 Å². The monoisotopic (exact) mass is 288 g/mol. The van der Waals surface area contributed by atoms with E-state index < -0.39 is 0 Å². The molecule has 1 N–H and O–H groups in total. The molecule has 0 atom stereocenters. The quantitative estimate of drug-likeness (QED) is 0.848. The van der Waals surface area contributed by atoms with Crippen LogP contribution in [0.4, 0.5) is 5.69 Å². The van der Waals surface area contributed by atoms with Crippen LogP contribution in [0.25, 0.3) is 0 Å². The molecule has 1 aliphatic heterocycles. The Morgan fingerprint density at radius 2 is 1.95 bits per heavy atom. The third kappa shape index (κ3) is 5.03. The predicted octanol–water partition coefficient (Wildman–Crippen LogP) is 4.10. The number of fused-ring (bicyclic) bond motifs is 1. The van der Waals surface area contributed by atoms with Crippen molar-refractivity contribution in [2.24, 2.45) is 11.3 Å². The highest BCUT2D eigenvalue weighted by Gasteiger charge is 2.24. The smallest absolute Gasteiger partial charge is 0.0398 e. The largest absolute Gasteiger partial charge is 0.371 e. The number of nitrogens with one attached hydrogen (secondary N) is 1. The Balaban J connectivity index is 2.00. The van der Waals surface area contributed by atoms with E-state index in [4.69, 9.17) is 0 Å². The van der Waals surface area contributed by atoms with Gasteiger partial charge in [0.05, 0.1) is 0 Å². The third-order valence-corrected chi connectivity index (χ3v) is 4.23. The summed E-state index contributed by atoms with van der Waals surface area (Å²) in [5.41, 5.74) is 3.29. The molecular weight excluding hydrogens is 256 g/mol. The number of anilines is 1. The molecule has 0 amide bonds. The molecule has 0 saturated heterocycles. The molecule has 2 heteroatoms. The Morgan fingerprint density at radius 3 is 2.71 bits per heavy atom. The maximum absolute atomic E-state index is 3.63. The molecule has 0 aromatic heterocycles. The van der Waals surface area contributed by atoms with E-state index in [0.29, 0.717) is 5.41 Å². The minimum atomic E-state index is 0.298. The number of benzene rings is 1. The summed E-state index contributed by atoms with van der Waals surface area (Å²) in [6.07, 6.45) is 3.86. The number of aryl methyl sites for hydroxylation is 1. The first-order valence-electron chi connectivity index (χ1n) is 8.51. The lowest BCUT2D eigenvalue weighted by molar-refractivity contribution is 0.333. The molecule has 1 aromatic carbocycles. The molecule has 0 radical (unpaired) electrons. The molecule has 0 bridgehead atoms. The minimum absolute atomic E-state index is 0.298. The highest BCUT2D eigenvalue weighted by Crippen LogP contribution is 2.29. The van der Waals surface area contributed by atoms with Crippen LogP contribution in [-0.4, -0.2) is 26.2 Å². The van der Waals surface area contributed by atoms with Gasteiger partial charge in [-0.3, -0.25) is 0 Å². The summed E-state index contributed by atoms with van der Waals surface area (Å²) in [6, 6.07) is 8.97. The second-order valence-electron chi connectivity index (χ2n) is 7.70. The molecule has 0 fully saturated rings. The van der Waals surface area contributed by atoms with Crippen molar-refractivity contribution < 1.29 is 0 Å². The van der Waals surface area contributed by atoms with Crippen LogP contribution in [0.5, 0.6) is 0 Å². The summed E-state index contributed by atoms with van der Waals surface area (Å²) < 4.78 is 0. The van der Waals surface area contributed by atoms with E-state index in [0.717, 1.165) is 25.6 Å². The first-order valence-corrected chi connectivity index (χ1v) is 8.51. The molecule has 2 rings (SSSR count). The fourth-order valence-corrected chi connectivity index (χ4v) is 3.21. The molecule has 0 aliphatic carbocycles. The Hall–Kier alpha value is -1.02. The van der Waals surface area contributed by atoms with Crippen LogP contribution < -0.4 is 10.2 Å². The Labute approximate surface area is 130 Å². The molecule has 1 heterocycles. The van der Waals surface area contributed by atoms with Gasteiger partial charge < -0.3 is 10.2 Å². The van der Waals surface area contributed by atoms with E-state index in [9.17, 15) is 0 Å². The first-order chi connectivity index (χ1) is 9.98. The van der Waals surface area contributed by atoms with Crippen LogP contribution in [0.3, 0.4) is 0 Å². The second kappa shape index (κ2) is 7.31. The zero-order chi connectivity index (χ0) is 15.3. The molecule has 118 valence electrons. The van der Waals surface area contributed by atoms with Gasteiger partial charge in [-0.25, -0.2) is 0 Å². The average Bonchev–Trinajstić information content (AvgIpc) is 2.60. The topological polar surface area (TPSA) is 15.3 Å². The number of hydrogen-bond donors (Lipinski definition) is 1. The average molecular weight is 288 g/mol. The van der Waals surface area contributed by atoms with Crippen molar-refractivity contribution in [3.63, 3.8) is 0 Å². The summed E-state index contributed by atoms with van der Waals surface area (Å²) in [6.45, 7) is 13.8. The van der Waals surface area contributed by atoms with Crippen LogP contribution in [0, 0.1) is 11.3 Å². The maximum Gasteiger partial charge on any atom is 0.0398 e. The van der Waals surface area contributed by atoms with Gasteiger partial charge in [0, 0.05) is 25.3 Å². The summed E-state index contributed by atoms with van der Waals surface area (Å²) in [7, 11) is 0. The number of para-hydroxylation sites is 1. The molecule has 2 nitrogen and oxygen atoms in total. The Kier molecular flexibility index (Phi) is 5.69. The number of rotatable bonds is 6. The highest BCUT2D eigenvalue weighted by molar-refractivity contribution is 5.54. The van der Waals surface area contributed by atoms with Gasteiger partial charge >= 0.3 is 0 Å². The third-order valence-electron chi connectivity index (χ3n) is 4.23. The van der Waals surface area contributed by atoms with Crippen molar-refractivity contribution >= 4 is 5.69 Å². The van der Waals surface area contributed by atoms with Crippen LogP contribution in [0.15, 0.2) is 24.3 Å². The molecular formula is C19H32N2. The van der Waals surface area contributed by atoms with Crippen molar-refractivity contribution in [1.82, 2.24) is 5.32 Å². The molecule has 1 aliphatic rings. The van der Waals surface area contributed by atoms with E-state index in [1.165, 1.54) is 37.1 Å². The highest BCUT2D eigenvalue weighted by atomic mass is 15.1. The van der Waals surface area contributed by atoms with Gasteiger partial charge in [-0.05, 0) is 48.8 Å². The van der Waals surface area contributed by atoms with Crippen LogP contribution in [-0.2, 0) is 6.42 Å². The SMILES string of the molecule is CC(C)CNCC(C)(C)CN1CCCCc2ccccc21. The van der Waals surface area contributed by atoms with Crippen molar-refractivity contribution in [3.05, 3.63) is 29.8 Å². The lowest BCUT2D eigenvalue weighted by Gasteiger charge is -2.35. The van der Waals surface area contributed by atoms with Gasteiger partial charge in [0.2, 0.25) is 0 Å². The normalized spacial score (nSPS) is 16.0. The summed E-state index contributed by atoms with van der Waals surface area (Å²) in [5.74, 6) is 0.722. The van der Waals surface area contributed by atoms with Crippen molar-refractivity contribution in [1.29, 1.82) is 0 Å². The van der Waals surface area contributed by atoms with Crippen LogP contribution in [0.2, 0.25) is 0 Å². The molecule has 1 aromatic rings. The van der Waals surface area contributed by atoms with Gasteiger partial charge in [-0.2, -0.15) is 0 Å². The standard InChI is InChI=1S/C19H32N2/c1-16(2)13-20-14-19(3,4)15-21-12-8-7-10-17-9-5-6-11-18(17)21/h5-6,9,11,16,20H,7-8,10,12-15H2,1-4H3. The van der Waals surface area contributed by atoms with Crippen LogP contribution >= 0.6 is 0 Å². The fourth-order valence-electron chi connectivity index (χ4n) is 3.21. The van der Waals surface area contributed by atoms with E-state index in [2.05, 4.69) is 62.2 Å². The summed E-state index contributed by atoms with van der Waals surface area (Å²) in [4.78, 5) is 2.61. The van der Waals surface area contributed by atoms with Crippen molar-refractivity contribution in [2.45, 2.75) is 47.0 Å².